The highest BCUT2D eigenvalue weighted by molar-refractivity contribution is 6.32. The van der Waals surface area contributed by atoms with Gasteiger partial charge in [-0.25, -0.2) is 9.18 Å². The molecule has 1 amide bonds. The Labute approximate surface area is 143 Å². The van der Waals surface area contributed by atoms with Gasteiger partial charge in [0.2, 0.25) is 0 Å². The maximum Gasteiger partial charge on any atom is 0.409 e. The predicted molar refractivity (Wildman–Crippen MR) is 87.3 cm³/mol. The number of likely N-dealkylation sites (N-methyl/N-ethyl adjacent to an activating group) is 1. The van der Waals surface area contributed by atoms with Crippen molar-refractivity contribution in [2.75, 3.05) is 14.2 Å². The molecule has 126 valence electrons. The summed E-state index contributed by atoms with van der Waals surface area (Å²) in [5, 5.41) is 9.38. The van der Waals surface area contributed by atoms with Crippen LogP contribution < -0.4 is 9.47 Å². The number of carbonyl (C=O) groups is 1. The number of methoxy groups -OCH3 is 1. The van der Waals surface area contributed by atoms with Gasteiger partial charge in [-0.1, -0.05) is 23.7 Å². The Balaban J connectivity index is 2.00. The van der Waals surface area contributed by atoms with Crippen LogP contribution in [0.4, 0.5) is 9.18 Å². The van der Waals surface area contributed by atoms with Crippen LogP contribution in [0.1, 0.15) is 5.56 Å². The number of ether oxygens (including phenoxy) is 2. The highest BCUT2D eigenvalue weighted by atomic mass is 35.5. The molecule has 5 nitrogen and oxygen atoms in total. The number of hydrogen-bond acceptors (Lipinski definition) is 3. The Morgan fingerprint density at radius 2 is 2.21 bits per heavy atom. The Hall–Kier alpha value is -2.47. The van der Waals surface area contributed by atoms with Crippen molar-refractivity contribution in [2.24, 2.45) is 0 Å². The third-order valence-electron chi connectivity index (χ3n) is 4.00. The monoisotopic (exact) mass is 351 g/mol. The second-order valence-corrected chi connectivity index (χ2v) is 5.85. The Bertz CT molecular complexity index is 811. The summed E-state index contributed by atoms with van der Waals surface area (Å²) in [6.45, 7) is 0. The zero-order valence-corrected chi connectivity index (χ0v) is 13.8. The molecule has 0 spiro atoms. The summed E-state index contributed by atoms with van der Waals surface area (Å²) >= 11 is 6.26. The van der Waals surface area contributed by atoms with Gasteiger partial charge in [0.1, 0.15) is 5.75 Å². The van der Waals surface area contributed by atoms with E-state index in [4.69, 9.17) is 26.2 Å². The van der Waals surface area contributed by atoms with Crippen LogP contribution in [0.25, 0.3) is 11.1 Å². The van der Waals surface area contributed by atoms with Crippen molar-refractivity contribution < 1.29 is 23.8 Å². The quantitative estimate of drug-likeness (QED) is 0.907. The third kappa shape index (κ3) is 2.73. The minimum absolute atomic E-state index is 0.142. The standard InChI is InChI=1S/C17H15ClFNO4/c1-20(17(21)22)14-8-10-6-9(7-12(18)16(10)24-14)11-4-3-5-13(23-2)15(11)19/h3-7,14H,8H2,1-2H3,(H,21,22). The fourth-order valence-electron chi connectivity index (χ4n) is 2.69. The molecule has 24 heavy (non-hydrogen) atoms. The maximum atomic E-state index is 14.5. The Morgan fingerprint density at radius 3 is 2.88 bits per heavy atom. The molecule has 1 atom stereocenters. The number of hydrogen-bond donors (Lipinski definition) is 1. The molecule has 2 aromatic rings. The van der Waals surface area contributed by atoms with Crippen molar-refractivity contribution in [3.8, 4) is 22.6 Å². The van der Waals surface area contributed by atoms with Crippen LogP contribution in [-0.2, 0) is 6.42 Å². The van der Waals surface area contributed by atoms with E-state index in [0.717, 1.165) is 10.5 Å². The first-order chi connectivity index (χ1) is 11.4. The molecule has 1 aliphatic rings. The molecule has 0 bridgehead atoms. The molecule has 0 saturated carbocycles. The van der Waals surface area contributed by atoms with E-state index in [9.17, 15) is 9.18 Å². The van der Waals surface area contributed by atoms with Gasteiger partial charge in [-0.3, -0.25) is 4.90 Å². The summed E-state index contributed by atoms with van der Waals surface area (Å²) in [7, 11) is 2.83. The van der Waals surface area contributed by atoms with Crippen LogP contribution in [0, 0.1) is 5.82 Å². The molecule has 0 radical (unpaired) electrons. The number of amides is 1. The van der Waals surface area contributed by atoms with Crippen molar-refractivity contribution in [1.82, 2.24) is 4.90 Å². The van der Waals surface area contributed by atoms with Crippen LogP contribution in [-0.4, -0.2) is 36.5 Å². The lowest BCUT2D eigenvalue weighted by Gasteiger charge is -2.20. The van der Waals surface area contributed by atoms with Gasteiger partial charge in [-0.2, -0.15) is 0 Å². The molecule has 0 aromatic heterocycles. The number of benzene rings is 2. The summed E-state index contributed by atoms with van der Waals surface area (Å²) in [6, 6.07) is 8.22. The molecule has 1 N–H and O–H groups in total. The minimum Gasteiger partial charge on any atom is -0.494 e. The van der Waals surface area contributed by atoms with E-state index < -0.39 is 18.1 Å². The van der Waals surface area contributed by atoms with Crippen molar-refractivity contribution in [1.29, 1.82) is 0 Å². The highest BCUT2D eigenvalue weighted by Crippen LogP contribution is 2.41. The van der Waals surface area contributed by atoms with Gasteiger partial charge in [0, 0.05) is 24.6 Å². The molecule has 7 heteroatoms. The molecule has 1 heterocycles. The highest BCUT2D eigenvalue weighted by Gasteiger charge is 2.31. The molecule has 2 aromatic carbocycles. The number of fused-ring (bicyclic) bond motifs is 1. The second kappa shape index (κ2) is 6.20. The van der Waals surface area contributed by atoms with Crippen LogP contribution in [0.3, 0.4) is 0 Å². The van der Waals surface area contributed by atoms with E-state index in [2.05, 4.69) is 0 Å². The van der Waals surface area contributed by atoms with E-state index in [0.29, 0.717) is 28.3 Å². The molecule has 1 aliphatic heterocycles. The SMILES string of the molecule is COc1cccc(-c2cc(Cl)c3c(c2)CC(N(C)C(=O)O)O3)c1F. The molecule has 0 fully saturated rings. The summed E-state index contributed by atoms with van der Waals surface area (Å²) in [4.78, 5) is 12.1. The summed E-state index contributed by atoms with van der Waals surface area (Å²) in [6.07, 6.45) is -1.40. The van der Waals surface area contributed by atoms with E-state index in [-0.39, 0.29) is 5.75 Å². The zero-order chi connectivity index (χ0) is 17.4. The Kier molecular flexibility index (Phi) is 4.24. The topological polar surface area (TPSA) is 59.0 Å². The maximum absolute atomic E-state index is 14.5. The lowest BCUT2D eigenvalue weighted by molar-refractivity contribution is 0.0608. The lowest BCUT2D eigenvalue weighted by atomic mass is 10.0. The second-order valence-electron chi connectivity index (χ2n) is 5.44. The van der Waals surface area contributed by atoms with Crippen LogP contribution in [0.2, 0.25) is 5.02 Å². The average molecular weight is 352 g/mol. The minimum atomic E-state index is -1.09. The van der Waals surface area contributed by atoms with Gasteiger partial charge in [0.05, 0.1) is 12.1 Å². The largest absolute Gasteiger partial charge is 0.494 e. The first kappa shape index (κ1) is 16.4. The van der Waals surface area contributed by atoms with Gasteiger partial charge >= 0.3 is 6.09 Å². The zero-order valence-electron chi connectivity index (χ0n) is 13.0. The molecule has 1 unspecified atom stereocenters. The van der Waals surface area contributed by atoms with Crippen molar-refractivity contribution in [3.05, 3.63) is 46.7 Å². The fraction of sp³-hybridized carbons (Fsp3) is 0.235. The normalized spacial score (nSPS) is 15.6. The number of nitrogens with zero attached hydrogens (tertiary/aromatic N) is 1. The number of halogens is 2. The van der Waals surface area contributed by atoms with Gasteiger partial charge in [-0.15, -0.1) is 0 Å². The molecular weight excluding hydrogens is 337 g/mol. The van der Waals surface area contributed by atoms with Gasteiger partial charge < -0.3 is 14.6 Å². The van der Waals surface area contributed by atoms with E-state index in [1.54, 1.807) is 24.3 Å². The fourth-order valence-corrected chi connectivity index (χ4v) is 2.97. The van der Waals surface area contributed by atoms with Crippen LogP contribution in [0.5, 0.6) is 11.5 Å². The van der Waals surface area contributed by atoms with E-state index >= 15 is 0 Å². The van der Waals surface area contributed by atoms with Gasteiger partial charge in [0.15, 0.2) is 17.8 Å². The van der Waals surface area contributed by atoms with Crippen LogP contribution >= 0.6 is 11.6 Å². The molecule has 3 rings (SSSR count). The first-order valence-corrected chi connectivity index (χ1v) is 7.58. The van der Waals surface area contributed by atoms with E-state index in [1.165, 1.54) is 20.2 Å². The van der Waals surface area contributed by atoms with Gasteiger partial charge in [-0.05, 0) is 23.8 Å². The van der Waals surface area contributed by atoms with Gasteiger partial charge in [0.25, 0.3) is 0 Å². The number of carboxylic acid groups (broad SMARTS) is 1. The average Bonchev–Trinajstić information content (AvgIpc) is 2.98. The predicted octanol–water partition coefficient (Wildman–Crippen LogP) is 4.03. The molecule has 0 aliphatic carbocycles. The van der Waals surface area contributed by atoms with E-state index in [1.807, 2.05) is 0 Å². The number of rotatable bonds is 3. The smallest absolute Gasteiger partial charge is 0.409 e. The summed E-state index contributed by atoms with van der Waals surface area (Å²) in [5.74, 6) is 0.0971. The van der Waals surface area contributed by atoms with Crippen molar-refractivity contribution in [2.45, 2.75) is 12.6 Å². The van der Waals surface area contributed by atoms with Crippen molar-refractivity contribution >= 4 is 17.7 Å². The molecular formula is C17H15ClFNO4. The summed E-state index contributed by atoms with van der Waals surface area (Å²) in [5.41, 5.74) is 1.67. The Morgan fingerprint density at radius 1 is 1.46 bits per heavy atom. The van der Waals surface area contributed by atoms with Crippen molar-refractivity contribution in [3.63, 3.8) is 0 Å². The first-order valence-electron chi connectivity index (χ1n) is 7.20. The third-order valence-corrected chi connectivity index (χ3v) is 4.28. The lowest BCUT2D eigenvalue weighted by Crippen LogP contribution is -2.38. The summed E-state index contributed by atoms with van der Waals surface area (Å²) < 4.78 is 25.1. The van der Waals surface area contributed by atoms with Crippen LogP contribution in [0.15, 0.2) is 30.3 Å². The molecule has 0 saturated heterocycles.